The predicted molar refractivity (Wildman–Crippen MR) is 102 cm³/mol. The molecule has 1 aromatic carbocycles. The predicted octanol–water partition coefficient (Wildman–Crippen LogP) is 3.96. The Bertz CT molecular complexity index is 765. The number of carboxylic acids is 1. The number of hydrogen-bond donors (Lipinski definition) is 1. The maximum Gasteiger partial charge on any atom is 0.306 e. The van der Waals surface area contributed by atoms with Crippen molar-refractivity contribution in [1.29, 1.82) is 0 Å². The number of likely N-dealkylation sites (tertiary alicyclic amines) is 1. The average molecular weight is 375 g/mol. The van der Waals surface area contributed by atoms with Gasteiger partial charge in [0.05, 0.1) is 26.2 Å². The number of rotatable bonds is 6. The molecule has 1 fully saturated rings. The first-order valence-electron chi connectivity index (χ1n) is 8.78. The van der Waals surface area contributed by atoms with Gasteiger partial charge in [-0.15, -0.1) is 11.3 Å². The lowest BCUT2D eigenvalue weighted by Gasteiger charge is -2.37. The number of benzene rings is 1. The molecule has 2 aromatic rings. The summed E-state index contributed by atoms with van der Waals surface area (Å²) in [7, 11) is 3.34. The number of ether oxygens (including phenoxy) is 2. The van der Waals surface area contributed by atoms with E-state index in [1.165, 1.54) is 10.4 Å². The van der Waals surface area contributed by atoms with Crippen molar-refractivity contribution in [2.24, 2.45) is 5.92 Å². The van der Waals surface area contributed by atoms with Crippen molar-refractivity contribution in [3.63, 3.8) is 0 Å². The molecule has 140 valence electrons. The van der Waals surface area contributed by atoms with E-state index in [0.717, 1.165) is 30.2 Å². The van der Waals surface area contributed by atoms with Crippen LogP contribution in [0.15, 0.2) is 29.6 Å². The molecule has 0 spiro atoms. The molecule has 0 bridgehead atoms. The number of aliphatic carboxylic acids is 1. The molecule has 3 rings (SSSR count). The number of carboxylic acid groups (broad SMARTS) is 1. The number of nitrogens with zero attached hydrogens (tertiary/aromatic N) is 1. The summed E-state index contributed by atoms with van der Waals surface area (Å²) in [5, 5.41) is 11.4. The van der Waals surface area contributed by atoms with Crippen LogP contribution in [0.5, 0.6) is 11.5 Å². The third kappa shape index (κ3) is 3.71. The van der Waals surface area contributed by atoms with E-state index in [-0.39, 0.29) is 12.0 Å². The van der Waals surface area contributed by atoms with E-state index < -0.39 is 5.97 Å². The first kappa shape index (κ1) is 18.7. The van der Waals surface area contributed by atoms with Crippen LogP contribution in [0.3, 0.4) is 0 Å². The Kier molecular flexibility index (Phi) is 5.84. The van der Waals surface area contributed by atoms with Crippen LogP contribution in [0.2, 0.25) is 0 Å². The average Bonchev–Trinajstić information content (AvgIpc) is 3.08. The number of aryl methyl sites for hydroxylation is 1. The third-order valence-electron chi connectivity index (χ3n) is 5.13. The number of piperidine rings is 1. The second-order valence-electron chi connectivity index (χ2n) is 6.63. The molecule has 1 unspecified atom stereocenters. The Hall–Kier alpha value is -2.05. The van der Waals surface area contributed by atoms with Gasteiger partial charge in [-0.2, -0.15) is 0 Å². The van der Waals surface area contributed by atoms with Crippen molar-refractivity contribution in [1.82, 2.24) is 4.90 Å². The standard InChI is InChI=1S/C20H25NO4S/c1-13-8-11-26-19(13)18(21-9-6-14(7-10-21)20(22)23)16-12-15(24-2)4-5-17(16)25-3/h4-5,8,11-12,14,18H,6-7,9-10H2,1-3H3,(H,22,23). The van der Waals surface area contributed by atoms with Crippen LogP contribution in [0, 0.1) is 12.8 Å². The summed E-state index contributed by atoms with van der Waals surface area (Å²) in [5.41, 5.74) is 2.30. The molecule has 0 amide bonds. The summed E-state index contributed by atoms with van der Waals surface area (Å²) < 4.78 is 11.1. The minimum atomic E-state index is -0.688. The second-order valence-corrected chi connectivity index (χ2v) is 7.57. The van der Waals surface area contributed by atoms with Gasteiger partial charge in [0.2, 0.25) is 0 Å². The molecule has 1 N–H and O–H groups in total. The normalized spacial score (nSPS) is 17.0. The minimum Gasteiger partial charge on any atom is -0.497 e. The zero-order valence-corrected chi connectivity index (χ0v) is 16.2. The molecule has 1 aromatic heterocycles. The Morgan fingerprint density at radius 3 is 2.50 bits per heavy atom. The maximum atomic E-state index is 11.3. The molecule has 1 atom stereocenters. The first-order valence-corrected chi connectivity index (χ1v) is 9.66. The number of methoxy groups -OCH3 is 2. The lowest BCUT2D eigenvalue weighted by atomic mass is 9.92. The minimum absolute atomic E-state index is 0.0368. The van der Waals surface area contributed by atoms with E-state index in [0.29, 0.717) is 12.8 Å². The van der Waals surface area contributed by atoms with E-state index in [2.05, 4.69) is 23.3 Å². The van der Waals surface area contributed by atoms with Gasteiger partial charge in [0.15, 0.2) is 0 Å². The van der Waals surface area contributed by atoms with Gasteiger partial charge in [-0.05, 0) is 68.1 Å². The van der Waals surface area contributed by atoms with Gasteiger partial charge < -0.3 is 14.6 Å². The summed E-state index contributed by atoms with van der Waals surface area (Å²) in [6.45, 7) is 3.62. The van der Waals surface area contributed by atoms with Crippen molar-refractivity contribution in [3.05, 3.63) is 45.6 Å². The number of thiophene rings is 1. The van der Waals surface area contributed by atoms with Crippen LogP contribution in [0.4, 0.5) is 0 Å². The number of carbonyl (C=O) groups is 1. The van der Waals surface area contributed by atoms with Crippen molar-refractivity contribution in [2.45, 2.75) is 25.8 Å². The first-order chi connectivity index (χ1) is 12.5. The van der Waals surface area contributed by atoms with Crippen molar-refractivity contribution >= 4 is 17.3 Å². The highest BCUT2D eigenvalue weighted by atomic mass is 32.1. The van der Waals surface area contributed by atoms with Gasteiger partial charge >= 0.3 is 5.97 Å². The summed E-state index contributed by atoms with van der Waals surface area (Å²) in [6.07, 6.45) is 1.34. The zero-order chi connectivity index (χ0) is 18.7. The van der Waals surface area contributed by atoms with Crippen molar-refractivity contribution < 1.29 is 19.4 Å². The molecule has 1 aliphatic heterocycles. The fourth-order valence-corrected chi connectivity index (χ4v) is 4.70. The van der Waals surface area contributed by atoms with E-state index >= 15 is 0 Å². The lowest BCUT2D eigenvalue weighted by Crippen LogP contribution is -2.39. The summed E-state index contributed by atoms with van der Waals surface area (Å²) >= 11 is 1.73. The van der Waals surface area contributed by atoms with Crippen LogP contribution in [0.25, 0.3) is 0 Å². The lowest BCUT2D eigenvalue weighted by molar-refractivity contribution is -0.143. The van der Waals surface area contributed by atoms with Crippen LogP contribution >= 0.6 is 11.3 Å². The maximum absolute atomic E-state index is 11.3. The summed E-state index contributed by atoms with van der Waals surface area (Å²) in [4.78, 5) is 15.0. The van der Waals surface area contributed by atoms with Gasteiger partial charge in [-0.25, -0.2) is 0 Å². The Labute approximate surface area is 158 Å². The molecule has 0 radical (unpaired) electrons. The Balaban J connectivity index is 2.01. The molecule has 0 aliphatic carbocycles. The van der Waals surface area contributed by atoms with E-state index in [9.17, 15) is 9.90 Å². The van der Waals surface area contributed by atoms with Gasteiger partial charge in [-0.1, -0.05) is 0 Å². The summed E-state index contributed by atoms with van der Waals surface area (Å²) in [5.74, 6) is 0.681. The van der Waals surface area contributed by atoms with Gasteiger partial charge in [-0.3, -0.25) is 9.69 Å². The van der Waals surface area contributed by atoms with Crippen LogP contribution < -0.4 is 9.47 Å². The highest BCUT2D eigenvalue weighted by Crippen LogP contribution is 2.41. The van der Waals surface area contributed by atoms with Gasteiger partial charge in [0.25, 0.3) is 0 Å². The fraction of sp³-hybridized carbons (Fsp3) is 0.450. The molecule has 1 aliphatic rings. The smallest absolute Gasteiger partial charge is 0.306 e. The van der Waals surface area contributed by atoms with Crippen LogP contribution in [-0.2, 0) is 4.79 Å². The highest BCUT2D eigenvalue weighted by Gasteiger charge is 2.33. The molecule has 2 heterocycles. The Morgan fingerprint density at radius 2 is 1.96 bits per heavy atom. The highest BCUT2D eigenvalue weighted by molar-refractivity contribution is 7.10. The van der Waals surface area contributed by atoms with Crippen LogP contribution in [0.1, 0.15) is 34.9 Å². The van der Waals surface area contributed by atoms with Crippen molar-refractivity contribution in [2.75, 3.05) is 27.3 Å². The zero-order valence-electron chi connectivity index (χ0n) is 15.4. The molecule has 26 heavy (non-hydrogen) atoms. The molecule has 1 saturated heterocycles. The molecule has 0 saturated carbocycles. The summed E-state index contributed by atoms with van der Waals surface area (Å²) in [6, 6.07) is 8.04. The van der Waals surface area contributed by atoms with Crippen molar-refractivity contribution in [3.8, 4) is 11.5 Å². The Morgan fingerprint density at radius 1 is 1.23 bits per heavy atom. The molecule has 6 heteroatoms. The third-order valence-corrected chi connectivity index (χ3v) is 6.20. The van der Waals surface area contributed by atoms with E-state index in [1.807, 2.05) is 18.2 Å². The monoisotopic (exact) mass is 375 g/mol. The molecular weight excluding hydrogens is 350 g/mol. The molecular formula is C20H25NO4S. The van der Waals surface area contributed by atoms with E-state index in [4.69, 9.17) is 9.47 Å². The SMILES string of the molecule is COc1ccc(OC)c(C(c2sccc2C)N2CCC(C(=O)O)CC2)c1. The van der Waals surface area contributed by atoms with Gasteiger partial charge in [0.1, 0.15) is 11.5 Å². The largest absolute Gasteiger partial charge is 0.497 e. The van der Waals surface area contributed by atoms with E-state index in [1.54, 1.807) is 25.6 Å². The fourth-order valence-electron chi connectivity index (χ4n) is 3.63. The quantitative estimate of drug-likeness (QED) is 0.828. The second kappa shape index (κ2) is 8.10. The van der Waals surface area contributed by atoms with Crippen LogP contribution in [-0.4, -0.2) is 43.3 Å². The topological polar surface area (TPSA) is 59.0 Å². The number of hydrogen-bond acceptors (Lipinski definition) is 5. The van der Waals surface area contributed by atoms with Gasteiger partial charge in [0, 0.05) is 10.4 Å². The molecule has 5 nitrogen and oxygen atoms in total.